The fraction of sp³-hybridized carbons (Fsp3) is 0.158. The van der Waals surface area contributed by atoms with Gasteiger partial charge in [-0.2, -0.15) is 5.10 Å². The van der Waals surface area contributed by atoms with Crippen LogP contribution in [0.5, 0.6) is 0 Å². The molecule has 3 aromatic rings. The first kappa shape index (κ1) is 16.3. The predicted molar refractivity (Wildman–Crippen MR) is 95.6 cm³/mol. The zero-order valence-corrected chi connectivity index (χ0v) is 14.4. The first-order valence-electron chi connectivity index (χ1n) is 7.67. The molecular weight excluding hydrogens is 322 g/mol. The number of aryl methyl sites for hydroxylation is 1. The smallest absolute Gasteiger partial charge is 0.274 e. The Balaban J connectivity index is 1.82. The molecule has 4 nitrogen and oxygen atoms in total. The van der Waals surface area contributed by atoms with Crippen molar-refractivity contribution in [2.75, 3.05) is 7.05 Å². The number of nitrogens with zero attached hydrogens (tertiary/aromatic N) is 3. The van der Waals surface area contributed by atoms with E-state index in [1.165, 1.54) is 0 Å². The summed E-state index contributed by atoms with van der Waals surface area (Å²) >= 11 is 6.17. The molecule has 0 aliphatic rings. The van der Waals surface area contributed by atoms with Gasteiger partial charge in [0.15, 0.2) is 5.69 Å². The van der Waals surface area contributed by atoms with Crippen LogP contribution in [-0.4, -0.2) is 27.6 Å². The molecule has 5 heteroatoms. The van der Waals surface area contributed by atoms with E-state index in [1.54, 1.807) is 22.7 Å². The van der Waals surface area contributed by atoms with E-state index in [-0.39, 0.29) is 5.91 Å². The van der Waals surface area contributed by atoms with Gasteiger partial charge in [0.1, 0.15) is 0 Å². The van der Waals surface area contributed by atoms with Gasteiger partial charge in [-0.3, -0.25) is 4.79 Å². The van der Waals surface area contributed by atoms with Crippen molar-refractivity contribution >= 4 is 17.5 Å². The second-order valence-electron chi connectivity index (χ2n) is 5.67. The number of carbonyl (C=O) groups excluding carboxylic acids is 1. The molecule has 0 bridgehead atoms. The number of hydrogen-bond acceptors (Lipinski definition) is 2. The van der Waals surface area contributed by atoms with Crippen molar-refractivity contribution in [2.24, 2.45) is 0 Å². The van der Waals surface area contributed by atoms with E-state index < -0.39 is 0 Å². The molecule has 0 N–H and O–H groups in total. The second kappa shape index (κ2) is 6.89. The van der Waals surface area contributed by atoms with Gasteiger partial charge in [-0.25, -0.2) is 4.68 Å². The molecule has 0 fully saturated rings. The van der Waals surface area contributed by atoms with Crippen molar-refractivity contribution in [2.45, 2.75) is 13.5 Å². The molecule has 2 aromatic carbocycles. The molecule has 1 heterocycles. The van der Waals surface area contributed by atoms with Crippen LogP contribution in [0, 0.1) is 6.92 Å². The van der Waals surface area contributed by atoms with Crippen LogP contribution in [0.25, 0.3) is 5.69 Å². The highest BCUT2D eigenvalue weighted by atomic mass is 35.5. The number of aromatic nitrogens is 2. The molecule has 0 radical (unpaired) electrons. The molecule has 0 unspecified atom stereocenters. The van der Waals surface area contributed by atoms with E-state index in [9.17, 15) is 4.79 Å². The molecule has 0 aliphatic carbocycles. The van der Waals surface area contributed by atoms with Crippen LogP contribution in [0.3, 0.4) is 0 Å². The molecule has 1 amide bonds. The van der Waals surface area contributed by atoms with Crippen molar-refractivity contribution < 1.29 is 4.79 Å². The van der Waals surface area contributed by atoms with Crippen LogP contribution >= 0.6 is 11.6 Å². The van der Waals surface area contributed by atoms with Gasteiger partial charge in [-0.1, -0.05) is 48.0 Å². The highest BCUT2D eigenvalue weighted by Gasteiger charge is 2.18. The van der Waals surface area contributed by atoms with Crippen LogP contribution in [0.4, 0.5) is 0 Å². The Morgan fingerprint density at radius 2 is 1.79 bits per heavy atom. The predicted octanol–water partition coefficient (Wildman–Crippen LogP) is 4.11. The summed E-state index contributed by atoms with van der Waals surface area (Å²) in [5.41, 5.74) is 3.18. The molecule has 0 aliphatic heterocycles. The zero-order valence-electron chi connectivity index (χ0n) is 13.6. The highest BCUT2D eigenvalue weighted by molar-refractivity contribution is 6.31. The zero-order chi connectivity index (χ0) is 17.1. The molecule has 0 spiro atoms. The summed E-state index contributed by atoms with van der Waals surface area (Å²) in [5, 5.41) is 5.11. The molecule has 0 atom stereocenters. The number of para-hydroxylation sites is 1. The molecule has 122 valence electrons. The first-order valence-corrected chi connectivity index (χ1v) is 8.05. The summed E-state index contributed by atoms with van der Waals surface area (Å²) in [7, 11) is 1.75. The monoisotopic (exact) mass is 339 g/mol. The molecule has 1 aromatic heterocycles. The molecule has 24 heavy (non-hydrogen) atoms. The number of halogens is 1. The summed E-state index contributed by atoms with van der Waals surface area (Å²) in [6.07, 6.45) is 0. The normalized spacial score (nSPS) is 10.6. The minimum Gasteiger partial charge on any atom is -0.336 e. The van der Waals surface area contributed by atoms with Crippen LogP contribution in [0.2, 0.25) is 5.02 Å². The van der Waals surface area contributed by atoms with Crippen LogP contribution in [-0.2, 0) is 6.54 Å². The number of benzene rings is 2. The Kier molecular flexibility index (Phi) is 4.67. The lowest BCUT2D eigenvalue weighted by Gasteiger charge is -2.16. The van der Waals surface area contributed by atoms with Crippen molar-refractivity contribution in [1.29, 1.82) is 0 Å². The Morgan fingerprint density at radius 1 is 1.12 bits per heavy atom. The van der Waals surface area contributed by atoms with Crippen molar-refractivity contribution in [3.05, 3.63) is 82.6 Å². The van der Waals surface area contributed by atoms with E-state index in [1.807, 2.05) is 61.5 Å². The third-order valence-corrected chi connectivity index (χ3v) is 4.19. The molecule has 3 rings (SSSR count). The van der Waals surface area contributed by atoms with Gasteiger partial charge in [0.05, 0.1) is 5.69 Å². The van der Waals surface area contributed by atoms with Crippen LogP contribution < -0.4 is 0 Å². The largest absolute Gasteiger partial charge is 0.336 e. The van der Waals surface area contributed by atoms with E-state index in [0.29, 0.717) is 17.3 Å². The SMILES string of the molecule is Cc1cc(C(=O)N(C)Cc2ccccc2Cl)nn1-c1ccccc1. The number of hydrogen-bond donors (Lipinski definition) is 0. The van der Waals surface area contributed by atoms with E-state index in [0.717, 1.165) is 16.9 Å². The van der Waals surface area contributed by atoms with Crippen molar-refractivity contribution in [3.63, 3.8) is 0 Å². The maximum Gasteiger partial charge on any atom is 0.274 e. The quantitative estimate of drug-likeness (QED) is 0.717. The Labute approximate surface area is 146 Å². The first-order chi connectivity index (χ1) is 11.6. The lowest BCUT2D eigenvalue weighted by Crippen LogP contribution is -2.26. The van der Waals surface area contributed by atoms with Gasteiger partial charge in [-0.05, 0) is 36.8 Å². The minimum atomic E-state index is -0.132. The van der Waals surface area contributed by atoms with Gasteiger partial charge in [0.25, 0.3) is 5.91 Å². The van der Waals surface area contributed by atoms with E-state index in [4.69, 9.17) is 11.6 Å². The maximum absolute atomic E-state index is 12.7. The number of amides is 1. The summed E-state index contributed by atoms with van der Waals surface area (Å²) < 4.78 is 1.77. The maximum atomic E-state index is 12.7. The molecule has 0 saturated carbocycles. The van der Waals surface area contributed by atoms with Gasteiger partial charge in [0, 0.05) is 24.3 Å². The van der Waals surface area contributed by atoms with Gasteiger partial charge >= 0.3 is 0 Å². The lowest BCUT2D eigenvalue weighted by atomic mass is 10.2. The van der Waals surface area contributed by atoms with Crippen LogP contribution in [0.1, 0.15) is 21.7 Å². The summed E-state index contributed by atoms with van der Waals surface area (Å²) in [4.78, 5) is 14.3. The minimum absolute atomic E-state index is 0.132. The Hall–Kier alpha value is -2.59. The van der Waals surface area contributed by atoms with Gasteiger partial charge in [0.2, 0.25) is 0 Å². The third-order valence-electron chi connectivity index (χ3n) is 3.82. The fourth-order valence-corrected chi connectivity index (χ4v) is 2.75. The number of rotatable bonds is 4. The second-order valence-corrected chi connectivity index (χ2v) is 6.08. The standard InChI is InChI=1S/C19H18ClN3O/c1-14-12-18(21-23(14)16-9-4-3-5-10-16)19(24)22(2)13-15-8-6-7-11-17(15)20/h3-12H,13H2,1-2H3. The summed E-state index contributed by atoms with van der Waals surface area (Å²) in [5.74, 6) is -0.132. The fourth-order valence-electron chi connectivity index (χ4n) is 2.56. The average Bonchev–Trinajstić information content (AvgIpc) is 2.98. The average molecular weight is 340 g/mol. The van der Waals surface area contributed by atoms with Crippen molar-refractivity contribution in [3.8, 4) is 5.69 Å². The van der Waals surface area contributed by atoms with Gasteiger partial charge in [-0.15, -0.1) is 0 Å². The summed E-state index contributed by atoms with van der Waals surface area (Å²) in [6, 6.07) is 19.1. The Morgan fingerprint density at radius 3 is 2.50 bits per heavy atom. The topological polar surface area (TPSA) is 38.1 Å². The number of carbonyl (C=O) groups is 1. The third kappa shape index (κ3) is 3.34. The highest BCUT2D eigenvalue weighted by Crippen LogP contribution is 2.18. The summed E-state index contributed by atoms with van der Waals surface area (Å²) in [6.45, 7) is 2.38. The Bertz CT molecular complexity index is 858. The van der Waals surface area contributed by atoms with E-state index in [2.05, 4.69) is 5.10 Å². The molecular formula is C19H18ClN3O. The van der Waals surface area contributed by atoms with Gasteiger partial charge < -0.3 is 4.90 Å². The van der Waals surface area contributed by atoms with Crippen LogP contribution in [0.15, 0.2) is 60.7 Å². The molecule has 0 saturated heterocycles. The van der Waals surface area contributed by atoms with Crippen molar-refractivity contribution in [1.82, 2.24) is 14.7 Å². The van der Waals surface area contributed by atoms with E-state index >= 15 is 0 Å². The lowest BCUT2D eigenvalue weighted by molar-refractivity contribution is 0.0779.